The molecule has 6 heteroatoms. The van der Waals surface area contributed by atoms with Crippen molar-refractivity contribution >= 4 is 11.6 Å². The third kappa shape index (κ3) is 4.53. The Hall–Kier alpha value is -2.50. The van der Waals surface area contributed by atoms with Crippen LogP contribution in [0.3, 0.4) is 0 Å². The van der Waals surface area contributed by atoms with Gasteiger partial charge in [-0.3, -0.25) is 4.79 Å². The summed E-state index contributed by atoms with van der Waals surface area (Å²) in [6, 6.07) is 9.85. The van der Waals surface area contributed by atoms with Gasteiger partial charge in [0.15, 0.2) is 11.6 Å². The van der Waals surface area contributed by atoms with E-state index in [2.05, 4.69) is 5.32 Å². The molecule has 3 nitrogen and oxygen atoms in total. The van der Waals surface area contributed by atoms with Gasteiger partial charge in [-0.2, -0.15) is 0 Å². The Morgan fingerprint density at radius 3 is 2.72 bits per heavy atom. The van der Waals surface area contributed by atoms with E-state index >= 15 is 0 Å². The van der Waals surface area contributed by atoms with Crippen LogP contribution in [0.25, 0.3) is 0 Å². The van der Waals surface area contributed by atoms with E-state index in [1.807, 2.05) is 4.90 Å². The summed E-state index contributed by atoms with van der Waals surface area (Å²) in [5.41, 5.74) is 1.28. The van der Waals surface area contributed by atoms with Gasteiger partial charge in [0, 0.05) is 31.4 Å². The number of halogens is 3. The minimum atomic E-state index is -0.857. The van der Waals surface area contributed by atoms with E-state index in [9.17, 15) is 18.0 Å². The second-order valence-electron chi connectivity index (χ2n) is 6.31. The normalized spacial score (nSPS) is 16.9. The SMILES string of the molecule is O=C(Cc1cccc(F)c1)NC[C@H]1CCN(c2ccc(F)c(F)c2)C1. The van der Waals surface area contributed by atoms with Gasteiger partial charge in [0.05, 0.1) is 6.42 Å². The molecule has 1 atom stereocenters. The Morgan fingerprint density at radius 1 is 1.12 bits per heavy atom. The molecule has 25 heavy (non-hydrogen) atoms. The maximum Gasteiger partial charge on any atom is 0.224 e. The number of hydrogen-bond acceptors (Lipinski definition) is 2. The quantitative estimate of drug-likeness (QED) is 0.899. The van der Waals surface area contributed by atoms with Gasteiger partial charge in [-0.1, -0.05) is 12.1 Å². The summed E-state index contributed by atoms with van der Waals surface area (Å²) >= 11 is 0. The lowest BCUT2D eigenvalue weighted by Crippen LogP contribution is -2.32. The van der Waals surface area contributed by atoms with Crippen molar-refractivity contribution in [3.05, 3.63) is 65.5 Å². The van der Waals surface area contributed by atoms with Crippen LogP contribution in [0.1, 0.15) is 12.0 Å². The lowest BCUT2D eigenvalue weighted by molar-refractivity contribution is -0.120. The fourth-order valence-electron chi connectivity index (χ4n) is 3.07. The average molecular weight is 348 g/mol. The molecular weight excluding hydrogens is 329 g/mol. The van der Waals surface area contributed by atoms with Crippen LogP contribution < -0.4 is 10.2 Å². The maximum atomic E-state index is 13.3. The molecule has 0 radical (unpaired) electrons. The van der Waals surface area contributed by atoms with Crippen molar-refractivity contribution in [2.75, 3.05) is 24.5 Å². The lowest BCUT2D eigenvalue weighted by Gasteiger charge is -2.19. The Morgan fingerprint density at radius 2 is 1.96 bits per heavy atom. The predicted octanol–water partition coefficient (Wildman–Crippen LogP) is 3.29. The summed E-state index contributed by atoms with van der Waals surface area (Å²) in [4.78, 5) is 14.0. The van der Waals surface area contributed by atoms with Crippen LogP contribution in [0, 0.1) is 23.4 Å². The fourth-order valence-corrected chi connectivity index (χ4v) is 3.07. The number of nitrogens with one attached hydrogen (secondary N) is 1. The molecule has 0 aromatic heterocycles. The number of carbonyl (C=O) groups excluding carboxylic acids is 1. The van der Waals surface area contributed by atoms with E-state index in [1.165, 1.54) is 18.2 Å². The first-order chi connectivity index (χ1) is 12.0. The Labute approximate surface area is 144 Å². The van der Waals surface area contributed by atoms with Crippen LogP contribution >= 0.6 is 0 Å². The summed E-state index contributed by atoms with van der Waals surface area (Å²) in [7, 11) is 0. The zero-order valence-corrected chi connectivity index (χ0v) is 13.6. The highest BCUT2D eigenvalue weighted by molar-refractivity contribution is 5.78. The molecule has 0 bridgehead atoms. The van der Waals surface area contributed by atoms with Crippen LogP contribution in [0.2, 0.25) is 0 Å². The van der Waals surface area contributed by atoms with Crippen molar-refractivity contribution in [2.45, 2.75) is 12.8 Å². The first kappa shape index (κ1) is 17.3. The Bertz CT molecular complexity index is 766. The highest BCUT2D eigenvalue weighted by atomic mass is 19.2. The average Bonchev–Trinajstić information content (AvgIpc) is 3.04. The minimum absolute atomic E-state index is 0.136. The van der Waals surface area contributed by atoms with E-state index in [-0.39, 0.29) is 24.1 Å². The third-order valence-corrected chi connectivity index (χ3v) is 4.40. The molecule has 0 aliphatic carbocycles. The summed E-state index contributed by atoms with van der Waals surface area (Å²) in [6.45, 7) is 1.91. The second-order valence-corrected chi connectivity index (χ2v) is 6.31. The van der Waals surface area contributed by atoms with Crippen molar-refractivity contribution in [1.29, 1.82) is 0 Å². The smallest absolute Gasteiger partial charge is 0.224 e. The summed E-state index contributed by atoms with van der Waals surface area (Å²) in [6.07, 6.45) is 0.997. The summed E-state index contributed by atoms with van der Waals surface area (Å²) < 4.78 is 39.5. The van der Waals surface area contributed by atoms with Gasteiger partial charge < -0.3 is 10.2 Å². The van der Waals surface area contributed by atoms with E-state index in [4.69, 9.17) is 0 Å². The zero-order chi connectivity index (χ0) is 17.8. The number of nitrogens with zero attached hydrogens (tertiary/aromatic N) is 1. The topological polar surface area (TPSA) is 32.3 Å². The molecule has 3 rings (SSSR count). The van der Waals surface area contributed by atoms with Gasteiger partial charge in [-0.25, -0.2) is 13.2 Å². The Balaban J connectivity index is 1.48. The molecule has 1 aliphatic rings. The number of carbonyl (C=O) groups is 1. The highest BCUT2D eigenvalue weighted by Gasteiger charge is 2.23. The van der Waals surface area contributed by atoms with Crippen molar-refractivity contribution in [1.82, 2.24) is 5.32 Å². The molecule has 132 valence electrons. The van der Waals surface area contributed by atoms with Gasteiger partial charge in [-0.05, 0) is 42.2 Å². The number of benzene rings is 2. The number of hydrogen-bond donors (Lipinski definition) is 1. The van der Waals surface area contributed by atoms with E-state index in [0.29, 0.717) is 24.3 Å². The van der Waals surface area contributed by atoms with Gasteiger partial charge in [-0.15, -0.1) is 0 Å². The van der Waals surface area contributed by atoms with Gasteiger partial charge in [0.2, 0.25) is 5.91 Å². The monoisotopic (exact) mass is 348 g/mol. The van der Waals surface area contributed by atoms with Gasteiger partial charge >= 0.3 is 0 Å². The van der Waals surface area contributed by atoms with Crippen molar-refractivity contribution in [2.24, 2.45) is 5.92 Å². The predicted molar refractivity (Wildman–Crippen MR) is 89.8 cm³/mol. The highest BCUT2D eigenvalue weighted by Crippen LogP contribution is 2.25. The molecule has 0 saturated carbocycles. The minimum Gasteiger partial charge on any atom is -0.371 e. The third-order valence-electron chi connectivity index (χ3n) is 4.40. The van der Waals surface area contributed by atoms with Crippen LogP contribution in [-0.4, -0.2) is 25.5 Å². The van der Waals surface area contributed by atoms with Crippen LogP contribution in [0.5, 0.6) is 0 Å². The van der Waals surface area contributed by atoms with Crippen LogP contribution in [-0.2, 0) is 11.2 Å². The molecule has 1 amide bonds. The van der Waals surface area contributed by atoms with Crippen LogP contribution in [0.15, 0.2) is 42.5 Å². The van der Waals surface area contributed by atoms with E-state index < -0.39 is 11.6 Å². The van der Waals surface area contributed by atoms with Crippen LogP contribution in [0.4, 0.5) is 18.9 Å². The molecule has 1 fully saturated rings. The molecule has 2 aromatic rings. The summed E-state index contributed by atoms with van der Waals surface area (Å²) in [5, 5.41) is 2.86. The zero-order valence-electron chi connectivity index (χ0n) is 13.6. The van der Waals surface area contributed by atoms with Gasteiger partial charge in [0.1, 0.15) is 5.82 Å². The molecule has 1 N–H and O–H groups in total. The first-order valence-corrected chi connectivity index (χ1v) is 8.22. The van der Waals surface area contributed by atoms with E-state index in [0.717, 1.165) is 19.0 Å². The van der Waals surface area contributed by atoms with E-state index in [1.54, 1.807) is 18.2 Å². The molecule has 2 aromatic carbocycles. The Kier molecular flexibility index (Phi) is 5.26. The first-order valence-electron chi connectivity index (χ1n) is 8.22. The van der Waals surface area contributed by atoms with Crippen molar-refractivity contribution < 1.29 is 18.0 Å². The molecule has 0 unspecified atom stereocenters. The lowest BCUT2D eigenvalue weighted by atomic mass is 10.1. The molecular formula is C19H19F3N2O. The summed E-state index contributed by atoms with van der Waals surface area (Å²) in [5.74, 6) is -1.99. The maximum absolute atomic E-state index is 13.3. The molecule has 0 spiro atoms. The van der Waals surface area contributed by atoms with Crippen molar-refractivity contribution in [3.63, 3.8) is 0 Å². The number of rotatable bonds is 5. The van der Waals surface area contributed by atoms with Gasteiger partial charge in [0.25, 0.3) is 0 Å². The molecule has 1 saturated heterocycles. The molecule has 1 aliphatic heterocycles. The largest absolute Gasteiger partial charge is 0.371 e. The fraction of sp³-hybridized carbons (Fsp3) is 0.316. The molecule has 1 heterocycles. The van der Waals surface area contributed by atoms with Crippen molar-refractivity contribution in [3.8, 4) is 0 Å². The number of amides is 1. The second kappa shape index (κ2) is 7.59. The number of anilines is 1. The standard InChI is InChI=1S/C19H19F3N2O/c20-15-3-1-2-13(8-15)9-19(25)23-11-14-6-7-24(12-14)16-4-5-17(21)18(22)10-16/h1-5,8,10,14H,6-7,9,11-12H2,(H,23,25)/t14-/m1/s1.